The standard InChI is InChI=1S/C31H35F2N5O3/c1-38(9-12-40-2)19-21-3-5-26(29(17-21)34-25-7-10-41-11-8-25)31(39)35-30-27-16-20(4-6-28(27)36-37-30)13-22-14-23(32)18-24(33)15-22/h3-6,14-18,25,34H,7-13,19H2,1-2H3,(H2,35,36,37,39). The van der Waals surface area contributed by atoms with Gasteiger partial charge in [-0.25, -0.2) is 8.78 Å². The predicted molar refractivity (Wildman–Crippen MR) is 155 cm³/mol. The van der Waals surface area contributed by atoms with Crippen molar-refractivity contribution in [3.8, 4) is 0 Å². The number of nitrogens with zero attached hydrogens (tertiary/aromatic N) is 2. The highest BCUT2D eigenvalue weighted by atomic mass is 19.1. The maximum Gasteiger partial charge on any atom is 0.258 e. The van der Waals surface area contributed by atoms with Crippen molar-refractivity contribution in [2.45, 2.75) is 31.8 Å². The number of ether oxygens (including phenoxy) is 2. The zero-order chi connectivity index (χ0) is 28.8. The number of amides is 1. The number of aromatic nitrogens is 2. The summed E-state index contributed by atoms with van der Waals surface area (Å²) < 4.78 is 38.1. The molecule has 1 aromatic heterocycles. The van der Waals surface area contributed by atoms with Crippen LogP contribution in [-0.2, 0) is 22.4 Å². The second kappa shape index (κ2) is 13.2. The molecule has 0 unspecified atom stereocenters. The van der Waals surface area contributed by atoms with Gasteiger partial charge in [-0.1, -0.05) is 12.1 Å². The lowest BCUT2D eigenvalue weighted by Gasteiger charge is -2.26. The van der Waals surface area contributed by atoms with Crippen molar-refractivity contribution in [2.24, 2.45) is 0 Å². The quantitative estimate of drug-likeness (QED) is 0.228. The molecule has 216 valence electrons. The van der Waals surface area contributed by atoms with Crippen molar-refractivity contribution in [3.63, 3.8) is 0 Å². The van der Waals surface area contributed by atoms with Crippen LogP contribution in [0.4, 0.5) is 20.3 Å². The number of hydrogen-bond donors (Lipinski definition) is 3. The van der Waals surface area contributed by atoms with Crippen LogP contribution in [0.1, 0.15) is 39.9 Å². The zero-order valence-corrected chi connectivity index (χ0v) is 23.3. The lowest BCUT2D eigenvalue weighted by molar-refractivity contribution is 0.0904. The molecule has 0 radical (unpaired) electrons. The van der Waals surface area contributed by atoms with Crippen molar-refractivity contribution in [2.75, 3.05) is 51.2 Å². The van der Waals surface area contributed by atoms with E-state index >= 15 is 0 Å². The van der Waals surface area contributed by atoms with Gasteiger partial charge in [-0.05, 0) is 79.4 Å². The Balaban J connectivity index is 1.37. The van der Waals surface area contributed by atoms with Crippen LogP contribution in [-0.4, -0.2) is 67.6 Å². The number of nitrogens with one attached hydrogen (secondary N) is 3. The molecular formula is C31H35F2N5O3. The number of fused-ring (bicyclic) bond motifs is 1. The van der Waals surface area contributed by atoms with E-state index in [1.54, 1.807) is 7.11 Å². The van der Waals surface area contributed by atoms with Crippen molar-refractivity contribution in [3.05, 3.63) is 88.5 Å². The van der Waals surface area contributed by atoms with Gasteiger partial charge in [0.25, 0.3) is 5.91 Å². The topological polar surface area (TPSA) is 91.5 Å². The third-order valence-electron chi connectivity index (χ3n) is 7.23. The number of aromatic amines is 1. The SMILES string of the molecule is COCCN(C)Cc1ccc(C(=O)Nc2n[nH]c3ccc(Cc4cc(F)cc(F)c4)cc23)c(NC2CCOCC2)c1. The summed E-state index contributed by atoms with van der Waals surface area (Å²) in [5.74, 6) is -1.13. The fourth-order valence-corrected chi connectivity index (χ4v) is 5.10. The Morgan fingerprint density at radius 1 is 1.05 bits per heavy atom. The summed E-state index contributed by atoms with van der Waals surface area (Å²) in [5, 5.41) is 14.5. The van der Waals surface area contributed by atoms with Crippen LogP contribution in [0.15, 0.2) is 54.6 Å². The summed E-state index contributed by atoms with van der Waals surface area (Å²) in [7, 11) is 3.72. The molecule has 3 aromatic carbocycles. The number of halogens is 2. The molecule has 0 saturated carbocycles. The van der Waals surface area contributed by atoms with Gasteiger partial charge < -0.3 is 20.1 Å². The molecule has 5 rings (SSSR count). The Labute approximate surface area is 238 Å². The van der Waals surface area contributed by atoms with Gasteiger partial charge in [0.2, 0.25) is 0 Å². The van der Waals surface area contributed by atoms with Gasteiger partial charge in [-0.15, -0.1) is 0 Å². The van der Waals surface area contributed by atoms with E-state index in [2.05, 4.69) is 25.7 Å². The van der Waals surface area contributed by atoms with Gasteiger partial charge in [0.05, 0.1) is 17.7 Å². The Morgan fingerprint density at radius 2 is 1.80 bits per heavy atom. The van der Waals surface area contributed by atoms with Crippen molar-refractivity contribution in [1.82, 2.24) is 15.1 Å². The maximum atomic E-state index is 13.7. The molecule has 41 heavy (non-hydrogen) atoms. The largest absolute Gasteiger partial charge is 0.383 e. The Kier molecular flexibility index (Phi) is 9.23. The number of carbonyl (C=O) groups excluding carboxylic acids is 1. The fourth-order valence-electron chi connectivity index (χ4n) is 5.10. The molecule has 3 N–H and O–H groups in total. The molecule has 1 saturated heterocycles. The normalized spacial score (nSPS) is 14.1. The Bertz CT molecular complexity index is 1480. The predicted octanol–water partition coefficient (Wildman–Crippen LogP) is 5.35. The van der Waals surface area contributed by atoms with E-state index in [0.717, 1.165) is 54.3 Å². The maximum absolute atomic E-state index is 13.7. The monoisotopic (exact) mass is 563 g/mol. The third-order valence-corrected chi connectivity index (χ3v) is 7.23. The van der Waals surface area contributed by atoms with E-state index in [-0.39, 0.29) is 11.9 Å². The van der Waals surface area contributed by atoms with Gasteiger partial charge >= 0.3 is 0 Å². The van der Waals surface area contributed by atoms with Gasteiger partial charge in [-0.3, -0.25) is 14.8 Å². The summed E-state index contributed by atoms with van der Waals surface area (Å²) in [6.07, 6.45) is 2.06. The molecule has 4 aromatic rings. The van der Waals surface area contributed by atoms with E-state index < -0.39 is 11.6 Å². The summed E-state index contributed by atoms with van der Waals surface area (Å²) in [5.41, 5.74) is 4.46. The zero-order valence-electron chi connectivity index (χ0n) is 23.3. The Hall–Kier alpha value is -3.86. The summed E-state index contributed by atoms with van der Waals surface area (Å²) in [4.78, 5) is 15.8. The second-order valence-electron chi connectivity index (χ2n) is 10.5. The van der Waals surface area contributed by atoms with Crippen molar-refractivity contribution >= 4 is 28.3 Å². The molecule has 1 aliphatic rings. The third kappa shape index (κ3) is 7.46. The number of benzene rings is 3. The molecule has 0 atom stereocenters. The van der Waals surface area contributed by atoms with Crippen LogP contribution in [0.5, 0.6) is 0 Å². The Morgan fingerprint density at radius 3 is 2.56 bits per heavy atom. The fraction of sp³-hybridized carbons (Fsp3) is 0.355. The van der Waals surface area contributed by atoms with E-state index in [4.69, 9.17) is 9.47 Å². The van der Waals surface area contributed by atoms with Gasteiger partial charge in [-0.2, -0.15) is 5.10 Å². The van der Waals surface area contributed by atoms with E-state index in [1.807, 2.05) is 43.4 Å². The lowest BCUT2D eigenvalue weighted by atomic mass is 10.0. The van der Waals surface area contributed by atoms with Crippen LogP contribution in [0.3, 0.4) is 0 Å². The van der Waals surface area contributed by atoms with E-state index in [9.17, 15) is 13.6 Å². The molecule has 0 spiro atoms. The summed E-state index contributed by atoms with van der Waals surface area (Å²) >= 11 is 0. The highest BCUT2D eigenvalue weighted by molar-refractivity contribution is 6.10. The first kappa shape index (κ1) is 28.7. The van der Waals surface area contributed by atoms with Crippen LogP contribution < -0.4 is 10.6 Å². The first-order chi connectivity index (χ1) is 19.9. The first-order valence-corrected chi connectivity index (χ1v) is 13.8. The minimum absolute atomic E-state index is 0.207. The van der Waals surface area contributed by atoms with E-state index in [1.165, 1.54) is 12.1 Å². The van der Waals surface area contributed by atoms with Crippen LogP contribution in [0.25, 0.3) is 10.9 Å². The molecule has 0 bridgehead atoms. The molecule has 1 amide bonds. The molecular weight excluding hydrogens is 528 g/mol. The molecule has 1 aliphatic heterocycles. The molecule has 10 heteroatoms. The molecule has 8 nitrogen and oxygen atoms in total. The highest BCUT2D eigenvalue weighted by Gasteiger charge is 2.20. The van der Waals surface area contributed by atoms with Crippen molar-refractivity contribution < 1.29 is 23.0 Å². The van der Waals surface area contributed by atoms with Crippen LogP contribution >= 0.6 is 0 Å². The number of hydrogen-bond acceptors (Lipinski definition) is 6. The number of methoxy groups -OCH3 is 1. The number of anilines is 2. The molecule has 1 fully saturated rings. The molecule has 2 heterocycles. The van der Waals surface area contributed by atoms with Gasteiger partial charge in [0.15, 0.2) is 5.82 Å². The average Bonchev–Trinajstić information content (AvgIpc) is 3.33. The summed E-state index contributed by atoms with van der Waals surface area (Å²) in [6.45, 7) is 3.52. The number of carbonyl (C=O) groups is 1. The van der Waals surface area contributed by atoms with Gasteiger partial charge in [0.1, 0.15) is 11.6 Å². The number of H-pyrrole nitrogens is 1. The van der Waals surface area contributed by atoms with Crippen LogP contribution in [0.2, 0.25) is 0 Å². The van der Waals surface area contributed by atoms with E-state index in [0.29, 0.717) is 48.6 Å². The first-order valence-electron chi connectivity index (χ1n) is 13.8. The highest BCUT2D eigenvalue weighted by Crippen LogP contribution is 2.27. The average molecular weight is 564 g/mol. The number of rotatable bonds is 11. The summed E-state index contributed by atoms with van der Waals surface area (Å²) in [6, 6.07) is 15.1. The number of likely N-dealkylation sites (N-methyl/N-ethyl adjacent to an activating group) is 1. The van der Waals surface area contributed by atoms with Gasteiger partial charge in [0, 0.05) is 56.6 Å². The van der Waals surface area contributed by atoms with Crippen LogP contribution in [0, 0.1) is 11.6 Å². The minimum Gasteiger partial charge on any atom is -0.383 e. The lowest BCUT2D eigenvalue weighted by Crippen LogP contribution is -2.29. The minimum atomic E-state index is -0.616. The molecule has 0 aliphatic carbocycles. The second-order valence-corrected chi connectivity index (χ2v) is 10.5. The van der Waals surface area contributed by atoms with Crippen molar-refractivity contribution in [1.29, 1.82) is 0 Å². The smallest absolute Gasteiger partial charge is 0.258 e.